The number of benzene rings is 1. The van der Waals surface area contributed by atoms with E-state index in [1.54, 1.807) is 26.0 Å². The Kier molecular flexibility index (Phi) is 5.30. The predicted octanol–water partition coefficient (Wildman–Crippen LogP) is 2.91. The second kappa shape index (κ2) is 7.61. The second-order valence-electron chi connectivity index (χ2n) is 5.61. The summed E-state index contributed by atoms with van der Waals surface area (Å²) >= 11 is 1.59. The van der Waals surface area contributed by atoms with Crippen LogP contribution in [-0.4, -0.2) is 49.8 Å². The summed E-state index contributed by atoms with van der Waals surface area (Å²) in [6, 6.07) is 10.3. The Bertz CT molecular complexity index is 659. The Labute approximate surface area is 146 Å². The molecule has 7 heteroatoms. The maximum absolute atomic E-state index is 5.36. The smallest absolute Gasteiger partial charge is 0.149 e. The lowest BCUT2D eigenvalue weighted by Crippen LogP contribution is -2.26. The van der Waals surface area contributed by atoms with Crippen LogP contribution in [0.25, 0.3) is 0 Å². The third-order valence-corrected chi connectivity index (χ3v) is 4.73. The zero-order valence-electron chi connectivity index (χ0n) is 14.2. The van der Waals surface area contributed by atoms with E-state index >= 15 is 0 Å². The van der Waals surface area contributed by atoms with Crippen molar-refractivity contribution in [2.24, 2.45) is 0 Å². The van der Waals surface area contributed by atoms with E-state index in [1.165, 1.54) is 0 Å². The van der Waals surface area contributed by atoms with E-state index in [9.17, 15) is 0 Å². The van der Waals surface area contributed by atoms with Crippen molar-refractivity contribution in [2.45, 2.75) is 17.5 Å². The van der Waals surface area contributed by atoms with Crippen LogP contribution in [0, 0.1) is 0 Å². The molecular weight excluding hydrogens is 324 g/mol. The number of aromatic nitrogens is 2. The van der Waals surface area contributed by atoms with Crippen LogP contribution in [0.4, 0.5) is 11.5 Å². The summed E-state index contributed by atoms with van der Waals surface area (Å²) in [4.78, 5) is 2.33. The molecule has 1 saturated heterocycles. The fraction of sp³-hybridized carbons (Fsp3) is 0.412. The molecule has 0 amide bonds. The fourth-order valence-corrected chi connectivity index (χ4v) is 3.13. The first-order valence-corrected chi connectivity index (χ1v) is 9.06. The third kappa shape index (κ3) is 3.84. The molecular formula is C17H22N4O2S. The van der Waals surface area contributed by atoms with E-state index in [4.69, 9.17) is 9.47 Å². The summed E-state index contributed by atoms with van der Waals surface area (Å²) in [5.74, 6) is 2.43. The number of rotatable bonds is 6. The highest BCUT2D eigenvalue weighted by atomic mass is 32.2. The van der Waals surface area contributed by atoms with Crippen molar-refractivity contribution in [3.05, 3.63) is 30.3 Å². The van der Waals surface area contributed by atoms with Gasteiger partial charge in [0, 0.05) is 43.0 Å². The molecule has 1 aliphatic rings. The van der Waals surface area contributed by atoms with Crippen LogP contribution in [0.3, 0.4) is 0 Å². The molecule has 128 valence electrons. The third-order valence-electron chi connectivity index (χ3n) is 4.09. The van der Waals surface area contributed by atoms with Gasteiger partial charge in [-0.3, -0.25) is 0 Å². The molecule has 0 bridgehead atoms. The SMILES string of the molecule is COc1cc(OC)cc(N2CCC(Nc3ccc(SC)nn3)C2)c1. The van der Waals surface area contributed by atoms with Gasteiger partial charge in [0.2, 0.25) is 0 Å². The predicted molar refractivity (Wildman–Crippen MR) is 97.6 cm³/mol. The van der Waals surface area contributed by atoms with E-state index in [2.05, 4.69) is 20.4 Å². The first kappa shape index (κ1) is 16.7. The molecule has 1 fully saturated rings. The summed E-state index contributed by atoms with van der Waals surface area (Å²) in [5, 5.41) is 12.8. The van der Waals surface area contributed by atoms with E-state index in [-0.39, 0.29) is 0 Å². The zero-order valence-corrected chi connectivity index (χ0v) is 15.0. The van der Waals surface area contributed by atoms with Crippen molar-refractivity contribution in [3.8, 4) is 11.5 Å². The Hall–Kier alpha value is -2.15. The van der Waals surface area contributed by atoms with Gasteiger partial charge in [0.05, 0.1) is 14.2 Å². The molecule has 1 aromatic heterocycles. The van der Waals surface area contributed by atoms with Crippen LogP contribution in [0.2, 0.25) is 0 Å². The molecule has 24 heavy (non-hydrogen) atoms. The molecule has 1 atom stereocenters. The van der Waals surface area contributed by atoms with Crippen LogP contribution in [0.5, 0.6) is 11.5 Å². The Balaban J connectivity index is 1.66. The Morgan fingerprint density at radius 1 is 1.12 bits per heavy atom. The fourth-order valence-electron chi connectivity index (χ4n) is 2.80. The summed E-state index contributed by atoms with van der Waals surface area (Å²) < 4.78 is 10.7. The molecule has 1 aliphatic heterocycles. The summed E-state index contributed by atoms with van der Waals surface area (Å²) in [7, 11) is 3.34. The van der Waals surface area contributed by atoms with Crippen LogP contribution >= 0.6 is 11.8 Å². The molecule has 1 N–H and O–H groups in total. The van der Waals surface area contributed by atoms with Gasteiger partial charge in [-0.25, -0.2) is 0 Å². The molecule has 3 rings (SSSR count). The van der Waals surface area contributed by atoms with Gasteiger partial charge in [-0.1, -0.05) is 0 Å². The van der Waals surface area contributed by atoms with Gasteiger partial charge in [-0.05, 0) is 24.8 Å². The van der Waals surface area contributed by atoms with E-state index in [0.29, 0.717) is 6.04 Å². The molecule has 0 spiro atoms. The van der Waals surface area contributed by atoms with Gasteiger partial charge in [0.1, 0.15) is 22.3 Å². The van der Waals surface area contributed by atoms with Crippen LogP contribution in [0.1, 0.15) is 6.42 Å². The molecule has 2 aromatic rings. The number of anilines is 2. The number of methoxy groups -OCH3 is 2. The quantitative estimate of drug-likeness (QED) is 0.807. The van der Waals surface area contributed by atoms with Gasteiger partial charge < -0.3 is 19.7 Å². The van der Waals surface area contributed by atoms with E-state index < -0.39 is 0 Å². The Morgan fingerprint density at radius 2 is 1.88 bits per heavy atom. The summed E-state index contributed by atoms with van der Waals surface area (Å²) in [6.45, 7) is 1.88. The highest BCUT2D eigenvalue weighted by Gasteiger charge is 2.23. The largest absolute Gasteiger partial charge is 0.497 e. The zero-order chi connectivity index (χ0) is 16.9. The van der Waals surface area contributed by atoms with Gasteiger partial charge in [0.15, 0.2) is 0 Å². The molecule has 0 aliphatic carbocycles. The maximum Gasteiger partial charge on any atom is 0.149 e. The topological polar surface area (TPSA) is 59.5 Å². The minimum Gasteiger partial charge on any atom is -0.497 e. The van der Waals surface area contributed by atoms with Crippen molar-refractivity contribution in [2.75, 3.05) is 43.8 Å². The van der Waals surface area contributed by atoms with Crippen LogP contribution in [0.15, 0.2) is 35.4 Å². The lowest BCUT2D eigenvalue weighted by atomic mass is 10.2. The number of hydrogen-bond acceptors (Lipinski definition) is 7. The van der Waals surface area contributed by atoms with Crippen molar-refractivity contribution in [1.29, 1.82) is 0 Å². The number of nitrogens with one attached hydrogen (secondary N) is 1. The van der Waals surface area contributed by atoms with Crippen molar-refractivity contribution >= 4 is 23.3 Å². The van der Waals surface area contributed by atoms with Gasteiger partial charge in [-0.2, -0.15) is 0 Å². The maximum atomic E-state index is 5.36. The minimum absolute atomic E-state index is 0.344. The standard InChI is InChI=1S/C17H22N4O2S/c1-22-14-8-13(9-15(10-14)23-2)21-7-6-12(11-21)18-16-4-5-17(24-3)20-19-16/h4-5,8-10,12H,6-7,11H2,1-3H3,(H,18,19). The molecule has 0 saturated carbocycles. The number of hydrogen-bond donors (Lipinski definition) is 1. The second-order valence-corrected chi connectivity index (χ2v) is 6.43. The van der Waals surface area contributed by atoms with Gasteiger partial charge >= 0.3 is 0 Å². The lowest BCUT2D eigenvalue weighted by Gasteiger charge is -2.20. The Morgan fingerprint density at radius 3 is 2.46 bits per heavy atom. The average Bonchev–Trinajstić information content (AvgIpc) is 3.10. The van der Waals surface area contributed by atoms with Crippen molar-refractivity contribution in [3.63, 3.8) is 0 Å². The molecule has 2 heterocycles. The molecule has 1 aromatic carbocycles. The first-order chi connectivity index (χ1) is 11.7. The lowest BCUT2D eigenvalue weighted by molar-refractivity contribution is 0.394. The normalized spacial score (nSPS) is 17.0. The highest BCUT2D eigenvalue weighted by molar-refractivity contribution is 7.98. The van der Waals surface area contributed by atoms with Crippen LogP contribution < -0.4 is 19.7 Å². The number of thioether (sulfide) groups is 1. The first-order valence-electron chi connectivity index (χ1n) is 7.84. The molecule has 0 radical (unpaired) electrons. The number of nitrogens with zero attached hydrogens (tertiary/aromatic N) is 3. The van der Waals surface area contributed by atoms with Crippen molar-refractivity contribution in [1.82, 2.24) is 10.2 Å². The summed E-state index contributed by atoms with van der Waals surface area (Å²) in [5.41, 5.74) is 1.11. The monoisotopic (exact) mass is 346 g/mol. The number of ether oxygens (including phenoxy) is 2. The van der Waals surface area contributed by atoms with Gasteiger partial charge in [0.25, 0.3) is 0 Å². The summed E-state index contributed by atoms with van der Waals surface area (Å²) in [6.07, 6.45) is 3.04. The highest BCUT2D eigenvalue weighted by Crippen LogP contribution is 2.30. The minimum atomic E-state index is 0.344. The van der Waals surface area contributed by atoms with Gasteiger partial charge in [-0.15, -0.1) is 22.0 Å². The van der Waals surface area contributed by atoms with E-state index in [0.717, 1.165) is 47.5 Å². The van der Waals surface area contributed by atoms with E-state index in [1.807, 2.05) is 36.6 Å². The van der Waals surface area contributed by atoms with Crippen molar-refractivity contribution < 1.29 is 9.47 Å². The average molecular weight is 346 g/mol. The van der Waals surface area contributed by atoms with Crippen LogP contribution in [-0.2, 0) is 0 Å². The molecule has 1 unspecified atom stereocenters. The molecule has 6 nitrogen and oxygen atoms in total.